The largest absolute Gasteiger partial charge is 0.506 e. The highest BCUT2D eigenvalue weighted by Gasteiger charge is 2.34. The van der Waals surface area contributed by atoms with Crippen LogP contribution in [0.15, 0.2) is 21.1 Å². The van der Waals surface area contributed by atoms with Crippen LogP contribution in [-0.2, 0) is 0 Å². The molecule has 0 aliphatic heterocycles. The highest BCUT2D eigenvalue weighted by Crippen LogP contribution is 2.40. The number of hydrogen-bond donors (Lipinski definition) is 3. The lowest BCUT2D eigenvalue weighted by atomic mass is 9.99. The standard InChI is InChI=1S/C11H13Br2NO2.ClH/c12-7-3-6(4-8(13)11(7)16)9(14)10(15)5-1-2-5;/h3-5,9-10,15-16H,1-2,14H2;1H/t9-,10+;/m1./s1. The molecule has 17 heavy (non-hydrogen) atoms. The molecule has 2 atom stereocenters. The van der Waals surface area contributed by atoms with Crippen LogP contribution in [0, 0.1) is 5.92 Å². The number of rotatable bonds is 3. The predicted octanol–water partition coefficient (Wildman–Crippen LogP) is 3.11. The minimum atomic E-state index is -0.497. The van der Waals surface area contributed by atoms with Gasteiger partial charge < -0.3 is 15.9 Å². The summed E-state index contributed by atoms with van der Waals surface area (Å²) in [5, 5.41) is 19.5. The van der Waals surface area contributed by atoms with Gasteiger partial charge >= 0.3 is 0 Å². The molecule has 1 fully saturated rings. The van der Waals surface area contributed by atoms with Crippen LogP contribution in [0.2, 0.25) is 0 Å². The predicted molar refractivity (Wildman–Crippen MR) is 76.4 cm³/mol. The summed E-state index contributed by atoms with van der Waals surface area (Å²) < 4.78 is 1.16. The summed E-state index contributed by atoms with van der Waals surface area (Å²) in [6, 6.07) is 3.09. The number of phenolic OH excluding ortho intramolecular Hbond substituents is 1. The van der Waals surface area contributed by atoms with Crippen molar-refractivity contribution in [3.63, 3.8) is 0 Å². The molecule has 1 aliphatic carbocycles. The van der Waals surface area contributed by atoms with Crippen LogP contribution >= 0.6 is 44.3 Å². The van der Waals surface area contributed by atoms with E-state index in [2.05, 4.69) is 31.9 Å². The van der Waals surface area contributed by atoms with E-state index >= 15 is 0 Å². The van der Waals surface area contributed by atoms with Gasteiger partial charge in [-0.25, -0.2) is 0 Å². The average molecular weight is 387 g/mol. The molecule has 0 amide bonds. The van der Waals surface area contributed by atoms with Crippen LogP contribution in [0.25, 0.3) is 0 Å². The molecule has 0 bridgehead atoms. The van der Waals surface area contributed by atoms with Gasteiger partial charge in [0.15, 0.2) is 0 Å². The Morgan fingerprint density at radius 3 is 2.12 bits per heavy atom. The number of aliphatic hydroxyl groups is 1. The molecule has 1 aromatic rings. The molecule has 6 heteroatoms. The summed E-state index contributed by atoms with van der Waals surface area (Å²) in [6.45, 7) is 0. The van der Waals surface area contributed by atoms with E-state index < -0.39 is 12.1 Å². The molecule has 4 N–H and O–H groups in total. The third-order valence-corrected chi connectivity index (χ3v) is 4.11. The molecule has 0 aromatic heterocycles. The molecule has 0 heterocycles. The molecule has 1 aliphatic rings. The van der Waals surface area contributed by atoms with Crippen molar-refractivity contribution >= 4 is 44.3 Å². The maximum Gasteiger partial charge on any atom is 0.143 e. The zero-order valence-electron chi connectivity index (χ0n) is 8.94. The van der Waals surface area contributed by atoms with Crippen molar-refractivity contribution in [2.45, 2.75) is 25.0 Å². The van der Waals surface area contributed by atoms with Gasteiger partial charge in [0.05, 0.1) is 21.1 Å². The molecule has 0 saturated heterocycles. The van der Waals surface area contributed by atoms with Gasteiger partial charge in [0, 0.05) is 0 Å². The first-order valence-corrected chi connectivity index (χ1v) is 6.71. The zero-order chi connectivity index (χ0) is 11.9. The first-order chi connectivity index (χ1) is 7.50. The molecular weight excluding hydrogens is 373 g/mol. The number of aromatic hydroxyl groups is 1. The molecule has 0 spiro atoms. The Kier molecular flexibility index (Phi) is 5.28. The normalized spacial score (nSPS) is 18.4. The summed E-state index contributed by atoms with van der Waals surface area (Å²) in [4.78, 5) is 0. The van der Waals surface area contributed by atoms with E-state index in [1.54, 1.807) is 12.1 Å². The molecule has 0 radical (unpaired) electrons. The van der Waals surface area contributed by atoms with Gasteiger partial charge in [0.25, 0.3) is 0 Å². The van der Waals surface area contributed by atoms with Crippen molar-refractivity contribution in [3.8, 4) is 5.75 Å². The lowest BCUT2D eigenvalue weighted by molar-refractivity contribution is 0.122. The van der Waals surface area contributed by atoms with Gasteiger partial charge in [-0.3, -0.25) is 0 Å². The summed E-state index contributed by atoms with van der Waals surface area (Å²) in [5.74, 6) is 0.484. The first kappa shape index (κ1) is 15.2. The molecule has 0 unspecified atom stereocenters. The third-order valence-electron chi connectivity index (χ3n) is 2.90. The number of nitrogens with two attached hydrogens (primary N) is 1. The SMILES string of the molecule is Cl.N[C@H](c1cc(Br)c(O)c(Br)c1)[C@@H](O)C1CC1. The smallest absolute Gasteiger partial charge is 0.143 e. The van der Waals surface area contributed by atoms with Crippen molar-refractivity contribution in [2.24, 2.45) is 11.7 Å². The highest BCUT2D eigenvalue weighted by molar-refractivity contribution is 9.11. The Morgan fingerprint density at radius 1 is 1.24 bits per heavy atom. The van der Waals surface area contributed by atoms with Crippen molar-refractivity contribution in [2.75, 3.05) is 0 Å². The topological polar surface area (TPSA) is 66.5 Å². The minimum absolute atomic E-state index is 0. The fourth-order valence-electron chi connectivity index (χ4n) is 1.71. The monoisotopic (exact) mass is 385 g/mol. The van der Waals surface area contributed by atoms with E-state index in [0.29, 0.717) is 14.9 Å². The van der Waals surface area contributed by atoms with Crippen LogP contribution in [0.1, 0.15) is 24.4 Å². The fraction of sp³-hybridized carbons (Fsp3) is 0.455. The maximum absolute atomic E-state index is 9.94. The Balaban J connectivity index is 0.00000144. The van der Waals surface area contributed by atoms with Crippen LogP contribution in [-0.4, -0.2) is 16.3 Å². The van der Waals surface area contributed by atoms with Crippen LogP contribution in [0.5, 0.6) is 5.75 Å². The van der Waals surface area contributed by atoms with E-state index in [4.69, 9.17) is 5.73 Å². The highest BCUT2D eigenvalue weighted by atomic mass is 79.9. The lowest BCUT2D eigenvalue weighted by Crippen LogP contribution is -2.27. The number of phenols is 1. The molecule has 1 aromatic carbocycles. The second-order valence-electron chi connectivity index (χ2n) is 4.19. The number of benzene rings is 1. The van der Waals surface area contributed by atoms with Crippen molar-refractivity contribution in [1.82, 2.24) is 0 Å². The average Bonchev–Trinajstić information content (AvgIpc) is 3.06. The van der Waals surface area contributed by atoms with Crippen LogP contribution < -0.4 is 5.73 Å². The Morgan fingerprint density at radius 2 is 1.71 bits per heavy atom. The summed E-state index contributed by atoms with van der Waals surface area (Å²) in [6.07, 6.45) is 1.60. The quantitative estimate of drug-likeness (QED) is 0.747. The van der Waals surface area contributed by atoms with Crippen molar-refractivity contribution in [3.05, 3.63) is 26.6 Å². The van der Waals surface area contributed by atoms with E-state index in [1.165, 1.54) is 0 Å². The Labute approximate surface area is 123 Å². The van der Waals surface area contributed by atoms with Crippen LogP contribution in [0.3, 0.4) is 0 Å². The second-order valence-corrected chi connectivity index (χ2v) is 5.90. The van der Waals surface area contributed by atoms with Gasteiger partial charge in [-0.1, -0.05) is 0 Å². The van der Waals surface area contributed by atoms with E-state index in [0.717, 1.165) is 18.4 Å². The first-order valence-electron chi connectivity index (χ1n) is 5.12. The van der Waals surface area contributed by atoms with Crippen LogP contribution in [0.4, 0.5) is 0 Å². The van der Waals surface area contributed by atoms with Gasteiger partial charge in [-0.2, -0.15) is 0 Å². The molecular formula is C11H14Br2ClNO2. The summed E-state index contributed by atoms with van der Waals surface area (Å²) in [5.41, 5.74) is 6.81. The lowest BCUT2D eigenvalue weighted by Gasteiger charge is -2.19. The van der Waals surface area contributed by atoms with Crippen molar-refractivity contribution in [1.29, 1.82) is 0 Å². The Bertz CT molecular complexity index is 389. The summed E-state index contributed by atoms with van der Waals surface area (Å²) >= 11 is 6.50. The van der Waals surface area contributed by atoms with E-state index in [-0.39, 0.29) is 18.2 Å². The molecule has 2 rings (SSSR count). The van der Waals surface area contributed by atoms with Gasteiger partial charge in [0.1, 0.15) is 5.75 Å². The zero-order valence-corrected chi connectivity index (χ0v) is 12.9. The number of halogens is 3. The molecule has 96 valence electrons. The summed E-state index contributed by atoms with van der Waals surface area (Å²) in [7, 11) is 0. The van der Waals surface area contributed by atoms with E-state index in [1.807, 2.05) is 0 Å². The molecule has 3 nitrogen and oxygen atoms in total. The number of hydrogen-bond acceptors (Lipinski definition) is 3. The number of aliphatic hydroxyl groups excluding tert-OH is 1. The Hall–Kier alpha value is 0.190. The van der Waals surface area contributed by atoms with Gasteiger partial charge in [-0.15, -0.1) is 12.4 Å². The fourth-order valence-corrected chi connectivity index (χ4v) is 2.93. The van der Waals surface area contributed by atoms with Gasteiger partial charge in [0.2, 0.25) is 0 Å². The maximum atomic E-state index is 9.94. The molecule has 1 saturated carbocycles. The van der Waals surface area contributed by atoms with Gasteiger partial charge in [-0.05, 0) is 68.3 Å². The van der Waals surface area contributed by atoms with E-state index in [9.17, 15) is 10.2 Å². The second kappa shape index (κ2) is 5.89. The minimum Gasteiger partial charge on any atom is -0.506 e. The van der Waals surface area contributed by atoms with Crippen molar-refractivity contribution < 1.29 is 10.2 Å². The third kappa shape index (κ3) is 3.35.